The van der Waals surface area contributed by atoms with Crippen molar-refractivity contribution in [3.8, 4) is 0 Å². The van der Waals surface area contributed by atoms with Crippen molar-refractivity contribution in [1.29, 1.82) is 0 Å². The summed E-state index contributed by atoms with van der Waals surface area (Å²) in [6.07, 6.45) is 0.795. The molecule has 0 aliphatic rings. The molecular weight excluding hydrogens is 407 g/mol. The molecule has 0 aliphatic heterocycles. The monoisotopic (exact) mass is 415 g/mol. The van der Waals surface area contributed by atoms with Gasteiger partial charge in [-0.05, 0) is 6.47 Å². The van der Waals surface area contributed by atoms with Gasteiger partial charge in [-0.1, -0.05) is 0 Å². The number of rotatable bonds is 5. The zero-order valence-corrected chi connectivity index (χ0v) is 8.76. The predicted octanol–water partition coefficient (Wildman–Crippen LogP) is -0.577. The van der Waals surface area contributed by atoms with Gasteiger partial charge in [0.1, 0.15) is 6.29 Å². The van der Waals surface area contributed by atoms with Crippen LogP contribution in [-0.4, -0.2) is 30.8 Å². The van der Waals surface area contributed by atoms with Crippen molar-refractivity contribution in [1.82, 2.24) is 5.06 Å². The van der Waals surface area contributed by atoms with E-state index >= 15 is 0 Å². The smallest absolute Gasteiger partial charge is 0.252 e. The van der Waals surface area contributed by atoms with E-state index in [4.69, 9.17) is 0 Å². The number of nitrogens with zero attached hydrogens (tertiary/aromatic N) is 1. The first-order chi connectivity index (χ1) is 5.22. The Morgan fingerprint density at radius 3 is 2.67 bits per heavy atom. The molecule has 0 fully saturated rings. The molecule has 0 N–H and O–H groups in total. The molecule has 0 bridgehead atoms. The maximum absolute atomic E-state index is 10.8. The van der Waals surface area contributed by atoms with Crippen LogP contribution in [-0.2, 0) is 19.2 Å². The van der Waals surface area contributed by atoms with Crippen molar-refractivity contribution in [2.24, 2.45) is 0 Å². The Morgan fingerprint density at radius 2 is 2.25 bits per heavy atom. The van der Waals surface area contributed by atoms with Crippen molar-refractivity contribution < 1.29 is 19.2 Å². The SMILES string of the molecule is CN(O[C-]=O)C(=O)CCC=O.[Fm]. The fraction of sp³-hybridized carbons (Fsp3) is 0.500. The van der Waals surface area contributed by atoms with Gasteiger partial charge in [-0.25, -0.2) is 5.06 Å². The molecule has 0 unspecified atom stereocenters. The van der Waals surface area contributed by atoms with Crippen molar-refractivity contribution >= 4 is 18.7 Å². The maximum atomic E-state index is 10.8. The molecule has 12 heavy (non-hydrogen) atoms. The van der Waals surface area contributed by atoms with Crippen LogP contribution in [0.25, 0.3) is 0 Å². The number of aldehydes is 1. The third-order valence-corrected chi connectivity index (χ3v) is 1.00. The molecule has 0 rings (SSSR count). The summed E-state index contributed by atoms with van der Waals surface area (Å²) < 4.78 is 0. The van der Waals surface area contributed by atoms with Crippen LogP contribution in [0.3, 0.4) is 0 Å². The molecule has 0 aromatic heterocycles. The first-order valence-electron chi connectivity index (χ1n) is 2.96. The fourth-order valence-electron chi connectivity index (χ4n) is 0.447. The van der Waals surface area contributed by atoms with E-state index in [0.29, 0.717) is 6.29 Å². The Morgan fingerprint density at radius 1 is 1.67 bits per heavy atom. The van der Waals surface area contributed by atoms with Gasteiger partial charge in [-0.15, -0.1) is 0 Å². The van der Waals surface area contributed by atoms with E-state index in [-0.39, 0.29) is 12.8 Å². The topological polar surface area (TPSA) is 63.7 Å². The van der Waals surface area contributed by atoms with Crippen molar-refractivity contribution in [3.63, 3.8) is 0 Å². The Balaban J connectivity index is 0. The Bertz CT molecular complexity index is 162. The Kier molecular flexibility index (Phi) is 6.90. The minimum Gasteiger partial charge on any atom is -0.542 e. The second-order valence-electron chi connectivity index (χ2n) is 1.77. The van der Waals surface area contributed by atoms with Gasteiger partial charge in [0.2, 0.25) is 0 Å². The molecule has 1 amide bonds. The third-order valence-electron chi connectivity index (χ3n) is 1.00. The largest absolute Gasteiger partial charge is 0.542 e. The quantitative estimate of drug-likeness (QED) is 0.343. The molecule has 0 radical (unpaired) electrons. The minimum atomic E-state index is -0.430. The number of hydrogen-bond acceptors (Lipinski definition) is 4. The summed E-state index contributed by atoms with van der Waals surface area (Å²) in [6, 6.07) is 0. The van der Waals surface area contributed by atoms with Crippen LogP contribution in [0.4, 0.5) is 0 Å². The number of amides is 1. The fourth-order valence-corrected chi connectivity index (χ4v) is 0.447. The standard InChI is InChI=1S/C6H8NO4.Fm/c1-7(11-5-9)6(10)3-2-4-8;/h4H,2-3H2,1H3;/q-1;. The Hall–Kier alpha value is -2.39. The molecule has 0 saturated carbocycles. The van der Waals surface area contributed by atoms with Crippen LogP contribution in [0.2, 0.25) is 0 Å². The van der Waals surface area contributed by atoms with Crippen LogP contribution in [0.1, 0.15) is 12.8 Å². The summed E-state index contributed by atoms with van der Waals surface area (Å²) in [4.78, 5) is 34.2. The molecule has 0 aromatic rings. The first kappa shape index (κ1) is 12.3. The molecule has 5 nitrogen and oxygen atoms in total. The van der Waals surface area contributed by atoms with E-state index in [9.17, 15) is 14.4 Å². The summed E-state index contributed by atoms with van der Waals surface area (Å²) in [7, 11) is 1.28. The number of hydrogen-bond donors (Lipinski definition) is 0. The zero-order valence-electron chi connectivity index (χ0n) is 6.36. The number of carbonyl (C=O) groups is 2. The summed E-state index contributed by atoms with van der Waals surface area (Å²) in [6.45, 7) is 1.09. The minimum absolute atomic E-state index is 0. The van der Waals surface area contributed by atoms with Crippen LogP contribution in [0.15, 0.2) is 0 Å². The van der Waals surface area contributed by atoms with E-state index in [0.717, 1.165) is 11.5 Å². The van der Waals surface area contributed by atoms with Crippen LogP contribution < -0.4 is 0 Å². The van der Waals surface area contributed by atoms with E-state index < -0.39 is 5.91 Å². The normalized spacial score (nSPS) is 7.75. The third kappa shape index (κ3) is 4.49. The van der Waals surface area contributed by atoms with Crippen molar-refractivity contribution in [2.45, 2.75) is 12.8 Å². The summed E-state index contributed by atoms with van der Waals surface area (Å²) >= 11 is 0. The molecular formula is C6H8FmNO4-. The van der Waals surface area contributed by atoms with Crippen LogP contribution >= 0.6 is 0 Å². The summed E-state index contributed by atoms with van der Waals surface area (Å²) in [5.74, 6) is -0.430. The molecule has 0 saturated heterocycles. The number of hydroxylamine groups is 2. The maximum Gasteiger partial charge on any atom is 0.252 e. The zero-order chi connectivity index (χ0) is 8.69. The van der Waals surface area contributed by atoms with E-state index in [2.05, 4.69) is 4.84 Å². The molecule has 0 heterocycles. The summed E-state index contributed by atoms with van der Waals surface area (Å²) in [5.41, 5.74) is 0. The van der Waals surface area contributed by atoms with Gasteiger partial charge in [0, 0.05) is 19.9 Å². The van der Waals surface area contributed by atoms with Gasteiger partial charge in [-0.3, -0.25) is 4.79 Å². The van der Waals surface area contributed by atoms with Crippen molar-refractivity contribution in [3.05, 3.63) is 0 Å². The van der Waals surface area contributed by atoms with Crippen LogP contribution in [0.5, 0.6) is 0 Å². The summed E-state index contributed by atoms with van der Waals surface area (Å²) in [5, 5.41) is 0.733. The van der Waals surface area contributed by atoms with Gasteiger partial charge in [0.15, 0.2) is 0 Å². The van der Waals surface area contributed by atoms with E-state index in [1.54, 1.807) is 0 Å². The molecule has 0 aliphatic carbocycles. The molecule has 0 spiro atoms. The second-order valence-corrected chi connectivity index (χ2v) is 1.77. The molecule has 6 heteroatoms. The predicted molar refractivity (Wildman–Crippen MR) is 34.8 cm³/mol. The Labute approximate surface area is 63.9 Å². The molecule has 74 valence electrons. The van der Waals surface area contributed by atoms with E-state index in [1.165, 1.54) is 7.05 Å². The number of carbonyl (C=O) groups excluding carboxylic acids is 3. The average Bonchev–Trinajstić information content (AvgIpc) is 2.00. The molecule has 0 atom stereocenters. The van der Waals surface area contributed by atoms with Gasteiger partial charge >= 0.3 is 0 Å². The van der Waals surface area contributed by atoms with Gasteiger partial charge in [0.05, 0.1) is 0 Å². The average molecular weight is 415 g/mol. The van der Waals surface area contributed by atoms with Gasteiger partial charge in [0.25, 0.3) is 5.91 Å². The second kappa shape index (κ2) is 6.73. The van der Waals surface area contributed by atoms with Crippen molar-refractivity contribution in [2.75, 3.05) is 7.05 Å². The van der Waals surface area contributed by atoms with E-state index in [1.807, 2.05) is 0 Å². The molecule has 0 aromatic carbocycles. The van der Waals surface area contributed by atoms with Crippen LogP contribution in [0, 0.1) is 0 Å². The first-order valence-corrected chi connectivity index (χ1v) is 2.96. The van der Waals surface area contributed by atoms with Gasteiger partial charge in [-0.2, -0.15) is 0 Å². The van der Waals surface area contributed by atoms with Gasteiger partial charge < -0.3 is 14.4 Å².